The molecule has 0 N–H and O–H groups in total. The monoisotopic (exact) mass is 216 g/mol. The molecule has 1 aromatic carbocycles. The molecule has 0 fully saturated rings. The summed E-state index contributed by atoms with van der Waals surface area (Å²) in [4.78, 5) is 12.1. The first-order chi connectivity index (χ1) is 7.18. The lowest BCUT2D eigenvalue weighted by molar-refractivity contribution is 0.103. The number of carbonyl (C=O) groups excluding carboxylic acids is 1. The lowest BCUT2D eigenvalue weighted by atomic mass is 9.99. The fourth-order valence-corrected chi connectivity index (χ4v) is 2.17. The first-order valence-electron chi connectivity index (χ1n) is 4.82. The van der Waals surface area contributed by atoms with Gasteiger partial charge in [-0.25, -0.2) is 0 Å². The van der Waals surface area contributed by atoms with E-state index >= 15 is 0 Å². The third-order valence-electron chi connectivity index (χ3n) is 2.42. The van der Waals surface area contributed by atoms with Crippen LogP contribution in [0.5, 0.6) is 0 Å². The molecule has 0 saturated carbocycles. The number of carbonyl (C=O) groups is 1. The third-order valence-corrected chi connectivity index (χ3v) is 3.10. The predicted octanol–water partition coefficient (Wildman–Crippen LogP) is 3.60. The van der Waals surface area contributed by atoms with Crippen molar-refractivity contribution in [2.24, 2.45) is 0 Å². The largest absolute Gasteiger partial charge is 0.289 e. The van der Waals surface area contributed by atoms with Crippen LogP contribution in [0.3, 0.4) is 0 Å². The van der Waals surface area contributed by atoms with Crippen LogP contribution in [-0.2, 0) is 0 Å². The van der Waals surface area contributed by atoms with Gasteiger partial charge in [0.1, 0.15) is 0 Å². The third kappa shape index (κ3) is 2.00. The van der Waals surface area contributed by atoms with Gasteiger partial charge in [-0.05, 0) is 36.9 Å². The number of benzene rings is 1. The Labute approximate surface area is 93.4 Å². The van der Waals surface area contributed by atoms with Crippen molar-refractivity contribution in [1.29, 1.82) is 0 Å². The van der Waals surface area contributed by atoms with E-state index in [-0.39, 0.29) is 5.78 Å². The van der Waals surface area contributed by atoms with Gasteiger partial charge >= 0.3 is 0 Å². The quantitative estimate of drug-likeness (QED) is 0.701. The van der Waals surface area contributed by atoms with E-state index < -0.39 is 0 Å². The number of hydrogen-bond acceptors (Lipinski definition) is 2. The molecule has 1 heterocycles. The molecule has 0 aliphatic carbocycles. The molecule has 0 spiro atoms. The van der Waals surface area contributed by atoms with E-state index in [4.69, 9.17) is 0 Å². The molecule has 1 nitrogen and oxygen atoms in total. The molecule has 0 atom stereocenters. The van der Waals surface area contributed by atoms with Gasteiger partial charge in [-0.15, -0.1) is 0 Å². The summed E-state index contributed by atoms with van der Waals surface area (Å²) in [6.45, 7) is 3.98. The lowest BCUT2D eigenvalue weighted by Gasteiger charge is -2.04. The molecule has 0 bridgehead atoms. The van der Waals surface area contributed by atoms with E-state index in [0.717, 1.165) is 22.3 Å². The van der Waals surface area contributed by atoms with Crippen molar-refractivity contribution in [3.63, 3.8) is 0 Å². The molecular formula is C13H12OS. The normalized spacial score (nSPS) is 10.3. The summed E-state index contributed by atoms with van der Waals surface area (Å²) >= 11 is 1.55. The van der Waals surface area contributed by atoms with Crippen molar-refractivity contribution in [3.05, 3.63) is 57.3 Å². The van der Waals surface area contributed by atoms with E-state index in [9.17, 15) is 4.79 Å². The Morgan fingerprint density at radius 1 is 1.20 bits per heavy atom. The second-order valence-corrected chi connectivity index (χ2v) is 4.44. The maximum atomic E-state index is 12.1. The van der Waals surface area contributed by atoms with Gasteiger partial charge in [0.2, 0.25) is 0 Å². The summed E-state index contributed by atoms with van der Waals surface area (Å²) in [5.41, 5.74) is 3.76. The smallest absolute Gasteiger partial charge is 0.194 e. The molecule has 0 unspecified atom stereocenters. The van der Waals surface area contributed by atoms with Gasteiger partial charge in [0.25, 0.3) is 0 Å². The van der Waals surface area contributed by atoms with Gasteiger partial charge in [0.05, 0.1) is 0 Å². The number of hydrogen-bond donors (Lipinski definition) is 0. The van der Waals surface area contributed by atoms with Crippen molar-refractivity contribution in [3.8, 4) is 0 Å². The average molecular weight is 216 g/mol. The highest BCUT2D eigenvalue weighted by atomic mass is 32.1. The second kappa shape index (κ2) is 3.99. The highest BCUT2D eigenvalue weighted by molar-refractivity contribution is 7.08. The molecule has 2 aromatic rings. The number of rotatable bonds is 2. The molecule has 0 radical (unpaired) electrons. The standard InChI is InChI=1S/C13H12OS/c1-9-3-4-10(2)12(7-9)13(14)11-5-6-15-8-11/h3-8H,1-2H3. The highest BCUT2D eigenvalue weighted by Gasteiger charge is 2.11. The zero-order chi connectivity index (χ0) is 10.8. The molecule has 1 aromatic heterocycles. The Balaban J connectivity index is 2.46. The lowest BCUT2D eigenvalue weighted by Crippen LogP contribution is -2.02. The molecular weight excluding hydrogens is 204 g/mol. The van der Waals surface area contributed by atoms with Crippen molar-refractivity contribution in [1.82, 2.24) is 0 Å². The van der Waals surface area contributed by atoms with Crippen LogP contribution in [0.4, 0.5) is 0 Å². The van der Waals surface area contributed by atoms with Crippen molar-refractivity contribution in [2.45, 2.75) is 13.8 Å². The van der Waals surface area contributed by atoms with Crippen LogP contribution in [0.1, 0.15) is 27.0 Å². The predicted molar refractivity (Wildman–Crippen MR) is 63.7 cm³/mol. The Morgan fingerprint density at radius 2 is 2.00 bits per heavy atom. The topological polar surface area (TPSA) is 17.1 Å². The molecule has 76 valence electrons. The fraction of sp³-hybridized carbons (Fsp3) is 0.154. The van der Waals surface area contributed by atoms with E-state index in [1.165, 1.54) is 0 Å². The summed E-state index contributed by atoms with van der Waals surface area (Å²) in [5, 5.41) is 3.82. The molecule has 2 heteroatoms. The van der Waals surface area contributed by atoms with Gasteiger partial charge in [-0.3, -0.25) is 4.79 Å². The van der Waals surface area contributed by atoms with E-state index in [1.54, 1.807) is 11.3 Å². The van der Waals surface area contributed by atoms with E-state index in [0.29, 0.717) is 0 Å². The number of thiophene rings is 1. The summed E-state index contributed by atoms with van der Waals surface area (Å²) in [5.74, 6) is 0.123. The highest BCUT2D eigenvalue weighted by Crippen LogP contribution is 2.17. The zero-order valence-electron chi connectivity index (χ0n) is 8.78. The van der Waals surface area contributed by atoms with Crippen LogP contribution >= 0.6 is 11.3 Å². The summed E-state index contributed by atoms with van der Waals surface area (Å²) < 4.78 is 0. The average Bonchev–Trinajstić information content (AvgIpc) is 2.74. The van der Waals surface area contributed by atoms with Gasteiger partial charge in [0, 0.05) is 16.5 Å². The first kappa shape index (κ1) is 10.1. The van der Waals surface area contributed by atoms with Crippen molar-refractivity contribution in [2.75, 3.05) is 0 Å². The van der Waals surface area contributed by atoms with Crippen LogP contribution in [-0.4, -0.2) is 5.78 Å². The van der Waals surface area contributed by atoms with Crippen molar-refractivity contribution >= 4 is 17.1 Å². The minimum atomic E-state index is 0.123. The minimum Gasteiger partial charge on any atom is -0.289 e. The van der Waals surface area contributed by atoms with Crippen LogP contribution in [0, 0.1) is 13.8 Å². The molecule has 2 rings (SSSR count). The Bertz CT molecular complexity index is 483. The van der Waals surface area contributed by atoms with Crippen LogP contribution in [0.25, 0.3) is 0 Å². The maximum absolute atomic E-state index is 12.1. The molecule has 0 aliphatic heterocycles. The molecule has 15 heavy (non-hydrogen) atoms. The van der Waals surface area contributed by atoms with Gasteiger partial charge < -0.3 is 0 Å². The first-order valence-corrected chi connectivity index (χ1v) is 5.77. The molecule has 0 aliphatic rings. The number of ketones is 1. The second-order valence-electron chi connectivity index (χ2n) is 3.66. The zero-order valence-corrected chi connectivity index (χ0v) is 9.60. The van der Waals surface area contributed by atoms with Crippen LogP contribution < -0.4 is 0 Å². The van der Waals surface area contributed by atoms with Crippen LogP contribution in [0.2, 0.25) is 0 Å². The summed E-state index contributed by atoms with van der Waals surface area (Å²) in [7, 11) is 0. The van der Waals surface area contributed by atoms with Crippen molar-refractivity contribution < 1.29 is 4.79 Å². The molecule has 0 saturated heterocycles. The molecule has 0 amide bonds. The van der Waals surface area contributed by atoms with E-state index in [1.807, 2.05) is 48.9 Å². The maximum Gasteiger partial charge on any atom is 0.194 e. The van der Waals surface area contributed by atoms with Gasteiger partial charge in [-0.2, -0.15) is 11.3 Å². The van der Waals surface area contributed by atoms with Crippen LogP contribution in [0.15, 0.2) is 35.0 Å². The van der Waals surface area contributed by atoms with E-state index in [2.05, 4.69) is 0 Å². The summed E-state index contributed by atoms with van der Waals surface area (Å²) in [6.07, 6.45) is 0. The van der Waals surface area contributed by atoms with Gasteiger partial charge in [-0.1, -0.05) is 17.7 Å². The Hall–Kier alpha value is -1.41. The SMILES string of the molecule is Cc1ccc(C)c(C(=O)c2ccsc2)c1. The Morgan fingerprint density at radius 3 is 2.67 bits per heavy atom. The Kier molecular flexibility index (Phi) is 2.69. The summed E-state index contributed by atoms with van der Waals surface area (Å²) in [6, 6.07) is 7.85. The van der Waals surface area contributed by atoms with Gasteiger partial charge in [0.15, 0.2) is 5.78 Å². The fourth-order valence-electron chi connectivity index (χ4n) is 1.53. The minimum absolute atomic E-state index is 0.123. The number of aryl methyl sites for hydroxylation is 2.